The van der Waals surface area contributed by atoms with Crippen LogP contribution in [0.15, 0.2) is 18.3 Å². The van der Waals surface area contributed by atoms with Crippen molar-refractivity contribution in [3.8, 4) is 0 Å². The van der Waals surface area contributed by atoms with Gasteiger partial charge in [-0.05, 0) is 24.5 Å². The molecule has 0 aromatic carbocycles. The molecule has 0 radical (unpaired) electrons. The molecule has 1 aliphatic rings. The van der Waals surface area contributed by atoms with Gasteiger partial charge in [0, 0.05) is 6.20 Å². The molecule has 1 heterocycles. The first kappa shape index (κ1) is 9.83. The molecule has 78 valence electrons. The molecule has 0 spiro atoms. The zero-order valence-corrected chi connectivity index (χ0v) is 8.40. The molecule has 0 bridgehead atoms. The molecule has 1 aliphatic carbocycles. The van der Waals surface area contributed by atoms with E-state index in [0.29, 0.717) is 18.5 Å². The highest BCUT2D eigenvalue weighted by Gasteiger charge is 2.34. The van der Waals surface area contributed by atoms with Crippen LogP contribution in [0.4, 0.5) is 0 Å². The first-order valence-electron chi connectivity index (χ1n) is 4.80. The van der Waals surface area contributed by atoms with Gasteiger partial charge in [0.15, 0.2) is 5.78 Å². The fraction of sp³-hybridized carbons (Fsp3) is 0.364. The first-order chi connectivity index (χ1) is 7.24. The summed E-state index contributed by atoms with van der Waals surface area (Å²) in [4.78, 5) is 27.2. The summed E-state index contributed by atoms with van der Waals surface area (Å²) >= 11 is 0. The predicted octanol–water partition coefficient (Wildman–Crippen LogP) is 1.000. The van der Waals surface area contributed by atoms with E-state index in [1.54, 1.807) is 12.3 Å². The van der Waals surface area contributed by atoms with Crippen LogP contribution in [0.2, 0.25) is 0 Å². The summed E-state index contributed by atoms with van der Waals surface area (Å²) in [7, 11) is 1.30. The largest absolute Gasteiger partial charge is 0.468 e. The second-order valence-corrected chi connectivity index (χ2v) is 3.49. The molecule has 1 aromatic rings. The molecular weight excluding hydrogens is 194 g/mol. The zero-order valence-electron chi connectivity index (χ0n) is 8.40. The van der Waals surface area contributed by atoms with Gasteiger partial charge in [-0.25, -0.2) is 0 Å². The fourth-order valence-corrected chi connectivity index (χ4v) is 1.83. The third-order valence-corrected chi connectivity index (χ3v) is 2.63. The van der Waals surface area contributed by atoms with Gasteiger partial charge in [0.2, 0.25) is 0 Å². The van der Waals surface area contributed by atoms with Gasteiger partial charge in [-0.15, -0.1) is 0 Å². The molecule has 0 amide bonds. The molecule has 4 heteroatoms. The van der Waals surface area contributed by atoms with E-state index in [4.69, 9.17) is 0 Å². The topological polar surface area (TPSA) is 56.3 Å². The number of hydrogen-bond acceptors (Lipinski definition) is 4. The number of fused-ring (bicyclic) bond motifs is 1. The predicted molar refractivity (Wildman–Crippen MR) is 52.4 cm³/mol. The Morgan fingerprint density at radius 2 is 2.40 bits per heavy atom. The van der Waals surface area contributed by atoms with Crippen molar-refractivity contribution >= 4 is 11.8 Å². The van der Waals surface area contributed by atoms with Crippen LogP contribution in [-0.4, -0.2) is 23.8 Å². The third kappa shape index (κ3) is 1.63. The number of ether oxygens (including phenoxy) is 1. The fourth-order valence-electron chi connectivity index (χ4n) is 1.83. The Balaban J connectivity index is 2.34. The molecule has 0 saturated heterocycles. The Kier molecular flexibility index (Phi) is 2.49. The number of carbonyl (C=O) groups excluding carboxylic acids is 2. The van der Waals surface area contributed by atoms with E-state index in [-0.39, 0.29) is 5.78 Å². The average Bonchev–Trinajstić information content (AvgIpc) is 2.29. The van der Waals surface area contributed by atoms with E-state index < -0.39 is 11.9 Å². The SMILES string of the molecule is COC(=O)C1CCc2cccnc2C1=O. The van der Waals surface area contributed by atoms with Crippen LogP contribution in [0, 0.1) is 5.92 Å². The average molecular weight is 205 g/mol. The standard InChI is InChI=1S/C11H11NO3/c1-15-11(14)8-5-4-7-3-2-6-12-9(7)10(8)13/h2-3,6,8H,4-5H2,1H3. The van der Waals surface area contributed by atoms with Gasteiger partial charge in [-0.2, -0.15) is 0 Å². The molecule has 0 N–H and O–H groups in total. The second-order valence-electron chi connectivity index (χ2n) is 3.49. The van der Waals surface area contributed by atoms with E-state index in [2.05, 4.69) is 9.72 Å². The molecule has 0 fully saturated rings. The van der Waals surface area contributed by atoms with Gasteiger partial charge >= 0.3 is 5.97 Å². The molecule has 2 rings (SSSR count). The summed E-state index contributed by atoms with van der Waals surface area (Å²) in [6.45, 7) is 0. The molecule has 1 unspecified atom stereocenters. The van der Waals surface area contributed by atoms with Crippen molar-refractivity contribution in [1.29, 1.82) is 0 Å². The van der Waals surface area contributed by atoms with Gasteiger partial charge in [-0.3, -0.25) is 14.6 Å². The van der Waals surface area contributed by atoms with Crippen molar-refractivity contribution in [2.24, 2.45) is 5.92 Å². The van der Waals surface area contributed by atoms with Crippen molar-refractivity contribution in [3.05, 3.63) is 29.6 Å². The molecule has 0 aliphatic heterocycles. The van der Waals surface area contributed by atoms with Crippen LogP contribution < -0.4 is 0 Å². The van der Waals surface area contributed by atoms with Crippen molar-refractivity contribution in [3.63, 3.8) is 0 Å². The maximum Gasteiger partial charge on any atom is 0.316 e. The van der Waals surface area contributed by atoms with E-state index >= 15 is 0 Å². The van der Waals surface area contributed by atoms with Gasteiger partial charge in [0.25, 0.3) is 0 Å². The van der Waals surface area contributed by atoms with Crippen LogP contribution in [0.3, 0.4) is 0 Å². The summed E-state index contributed by atoms with van der Waals surface area (Å²) in [6.07, 6.45) is 2.79. The number of methoxy groups -OCH3 is 1. The lowest BCUT2D eigenvalue weighted by Gasteiger charge is -2.19. The van der Waals surface area contributed by atoms with Gasteiger partial charge in [0.05, 0.1) is 7.11 Å². The summed E-state index contributed by atoms with van der Waals surface area (Å²) in [5, 5.41) is 0. The number of esters is 1. The third-order valence-electron chi connectivity index (χ3n) is 2.63. The van der Waals surface area contributed by atoms with Gasteiger partial charge in [0.1, 0.15) is 11.6 Å². The minimum atomic E-state index is -0.669. The van der Waals surface area contributed by atoms with Crippen molar-refractivity contribution in [2.75, 3.05) is 7.11 Å². The molecule has 4 nitrogen and oxygen atoms in total. The summed E-state index contributed by atoms with van der Waals surface area (Å²) in [6, 6.07) is 3.66. The quantitative estimate of drug-likeness (QED) is 0.507. The van der Waals surface area contributed by atoms with Gasteiger partial charge < -0.3 is 4.74 Å². The molecule has 1 aromatic heterocycles. The van der Waals surface area contributed by atoms with Crippen LogP contribution >= 0.6 is 0 Å². The molecular formula is C11H11NO3. The maximum atomic E-state index is 11.9. The molecule has 0 saturated carbocycles. The number of pyridine rings is 1. The number of carbonyl (C=O) groups is 2. The summed E-state index contributed by atoms with van der Waals surface area (Å²) < 4.78 is 4.59. The first-order valence-corrected chi connectivity index (χ1v) is 4.80. The summed E-state index contributed by atoms with van der Waals surface area (Å²) in [5.41, 5.74) is 1.34. The highest BCUT2D eigenvalue weighted by atomic mass is 16.5. The number of hydrogen-bond donors (Lipinski definition) is 0. The number of aryl methyl sites for hydroxylation is 1. The molecule has 1 atom stereocenters. The minimum absolute atomic E-state index is 0.219. The Morgan fingerprint density at radius 1 is 1.60 bits per heavy atom. The van der Waals surface area contributed by atoms with Gasteiger partial charge in [-0.1, -0.05) is 6.07 Å². The number of aromatic nitrogens is 1. The minimum Gasteiger partial charge on any atom is -0.468 e. The van der Waals surface area contributed by atoms with Crippen molar-refractivity contribution in [2.45, 2.75) is 12.8 Å². The van der Waals surface area contributed by atoms with E-state index in [1.165, 1.54) is 7.11 Å². The van der Waals surface area contributed by atoms with Crippen molar-refractivity contribution in [1.82, 2.24) is 4.98 Å². The Labute approximate surface area is 87.3 Å². The normalized spacial score (nSPS) is 19.5. The Hall–Kier alpha value is -1.71. The highest BCUT2D eigenvalue weighted by molar-refractivity contribution is 6.09. The number of Topliss-reactive ketones (excluding diaryl/α,β-unsaturated/α-hetero) is 1. The summed E-state index contributed by atoms with van der Waals surface area (Å²) in [5.74, 6) is -1.35. The molecule has 15 heavy (non-hydrogen) atoms. The lowest BCUT2D eigenvalue weighted by molar-refractivity contribution is -0.143. The highest BCUT2D eigenvalue weighted by Crippen LogP contribution is 2.24. The van der Waals surface area contributed by atoms with E-state index in [1.807, 2.05) is 6.07 Å². The van der Waals surface area contributed by atoms with Crippen LogP contribution in [0.5, 0.6) is 0 Å². The van der Waals surface area contributed by atoms with E-state index in [0.717, 1.165) is 5.56 Å². The Morgan fingerprint density at radius 3 is 3.13 bits per heavy atom. The monoisotopic (exact) mass is 205 g/mol. The number of nitrogens with zero attached hydrogens (tertiary/aromatic N) is 1. The van der Waals surface area contributed by atoms with Crippen LogP contribution in [-0.2, 0) is 16.0 Å². The second kappa shape index (κ2) is 3.81. The number of rotatable bonds is 1. The lowest BCUT2D eigenvalue weighted by atomic mass is 9.86. The lowest BCUT2D eigenvalue weighted by Crippen LogP contribution is -2.31. The maximum absolute atomic E-state index is 11.9. The number of ketones is 1. The van der Waals surface area contributed by atoms with Crippen LogP contribution in [0.25, 0.3) is 0 Å². The van der Waals surface area contributed by atoms with Crippen molar-refractivity contribution < 1.29 is 14.3 Å². The van der Waals surface area contributed by atoms with E-state index in [9.17, 15) is 9.59 Å². The smallest absolute Gasteiger partial charge is 0.316 e. The van der Waals surface area contributed by atoms with Crippen LogP contribution in [0.1, 0.15) is 22.5 Å². The Bertz CT molecular complexity index is 414. The zero-order chi connectivity index (χ0) is 10.8.